The molecular weight excluding hydrogens is 346 g/mol. The van der Waals surface area contributed by atoms with Crippen LogP contribution in [0.5, 0.6) is 5.75 Å². The van der Waals surface area contributed by atoms with Crippen LogP contribution >= 0.6 is 0 Å². The van der Waals surface area contributed by atoms with Crippen LogP contribution < -0.4 is 4.74 Å². The van der Waals surface area contributed by atoms with Gasteiger partial charge in [0.1, 0.15) is 11.3 Å². The molecule has 0 spiro atoms. The van der Waals surface area contributed by atoms with Gasteiger partial charge in [-0.05, 0) is 41.5 Å². The van der Waals surface area contributed by atoms with Crippen LogP contribution in [0.4, 0.5) is 0 Å². The number of aromatic carboxylic acids is 1. The Hall–Kier alpha value is -2.83. The van der Waals surface area contributed by atoms with Gasteiger partial charge in [0.2, 0.25) is 5.76 Å². The molecule has 27 heavy (non-hydrogen) atoms. The number of methoxy groups -OCH3 is 1. The fourth-order valence-electron chi connectivity index (χ4n) is 3.44. The van der Waals surface area contributed by atoms with Gasteiger partial charge in [0.05, 0.1) is 19.8 Å². The van der Waals surface area contributed by atoms with Crippen LogP contribution in [0, 0.1) is 0 Å². The van der Waals surface area contributed by atoms with Crippen LogP contribution in [-0.2, 0) is 11.3 Å². The molecule has 6 nitrogen and oxygen atoms in total. The van der Waals surface area contributed by atoms with Gasteiger partial charge in [0.15, 0.2) is 0 Å². The number of hydrogen-bond donors (Lipinski definition) is 1. The Kier molecular flexibility index (Phi) is 4.83. The number of carbonyl (C=O) groups is 1. The predicted molar refractivity (Wildman–Crippen MR) is 100 cm³/mol. The third-order valence-electron chi connectivity index (χ3n) is 4.81. The van der Waals surface area contributed by atoms with E-state index in [2.05, 4.69) is 11.0 Å². The molecule has 1 fully saturated rings. The zero-order valence-corrected chi connectivity index (χ0v) is 15.1. The van der Waals surface area contributed by atoms with Gasteiger partial charge >= 0.3 is 5.97 Å². The average molecular weight is 367 g/mol. The molecule has 1 unspecified atom stereocenters. The maximum atomic E-state index is 11.1. The summed E-state index contributed by atoms with van der Waals surface area (Å²) in [7, 11) is 1.66. The molecule has 1 N–H and O–H groups in total. The summed E-state index contributed by atoms with van der Waals surface area (Å²) in [6.45, 7) is 3.08. The third-order valence-corrected chi connectivity index (χ3v) is 4.81. The SMILES string of the molecule is COc1cccc(C2CN(Cc3ccc4oc(C(=O)O)cc4c3)CCO2)c1. The van der Waals surface area contributed by atoms with Crippen molar-refractivity contribution in [2.24, 2.45) is 0 Å². The smallest absolute Gasteiger partial charge is 0.371 e. The van der Waals surface area contributed by atoms with Crippen molar-refractivity contribution in [1.29, 1.82) is 0 Å². The number of ether oxygens (including phenoxy) is 2. The van der Waals surface area contributed by atoms with Gasteiger partial charge in [-0.2, -0.15) is 0 Å². The lowest BCUT2D eigenvalue weighted by Gasteiger charge is -2.33. The molecule has 0 radical (unpaired) electrons. The molecule has 4 rings (SSSR count). The zero-order valence-electron chi connectivity index (χ0n) is 15.1. The van der Waals surface area contributed by atoms with Crippen molar-refractivity contribution in [3.63, 3.8) is 0 Å². The number of benzene rings is 2. The van der Waals surface area contributed by atoms with Gasteiger partial charge < -0.3 is 19.0 Å². The number of hydrogen-bond acceptors (Lipinski definition) is 5. The minimum absolute atomic E-state index is 0.00474. The number of fused-ring (bicyclic) bond motifs is 1. The summed E-state index contributed by atoms with van der Waals surface area (Å²) in [6.07, 6.45) is 0.00474. The molecule has 2 aromatic carbocycles. The molecule has 0 amide bonds. The van der Waals surface area contributed by atoms with Gasteiger partial charge in [-0.25, -0.2) is 4.79 Å². The van der Waals surface area contributed by atoms with Crippen molar-refractivity contribution in [2.45, 2.75) is 12.6 Å². The van der Waals surface area contributed by atoms with E-state index in [4.69, 9.17) is 19.0 Å². The Balaban J connectivity index is 1.48. The minimum Gasteiger partial charge on any atom is -0.497 e. The van der Waals surface area contributed by atoms with E-state index in [-0.39, 0.29) is 11.9 Å². The second-order valence-corrected chi connectivity index (χ2v) is 6.66. The van der Waals surface area contributed by atoms with Crippen LogP contribution in [0.2, 0.25) is 0 Å². The van der Waals surface area contributed by atoms with E-state index in [1.54, 1.807) is 13.2 Å². The van der Waals surface area contributed by atoms with E-state index in [0.29, 0.717) is 12.2 Å². The van der Waals surface area contributed by atoms with Gasteiger partial charge in [-0.1, -0.05) is 18.2 Å². The summed E-state index contributed by atoms with van der Waals surface area (Å²) in [5.74, 6) is -0.262. The van der Waals surface area contributed by atoms with Crippen LogP contribution in [0.25, 0.3) is 11.0 Å². The highest BCUT2D eigenvalue weighted by molar-refractivity contribution is 5.91. The Morgan fingerprint density at radius 2 is 2.15 bits per heavy atom. The van der Waals surface area contributed by atoms with Gasteiger partial charge in [-0.3, -0.25) is 4.90 Å². The van der Waals surface area contributed by atoms with E-state index < -0.39 is 5.97 Å². The highest BCUT2D eigenvalue weighted by Crippen LogP contribution is 2.27. The van der Waals surface area contributed by atoms with Crippen LogP contribution in [0.3, 0.4) is 0 Å². The van der Waals surface area contributed by atoms with Crippen LogP contribution in [0.15, 0.2) is 52.9 Å². The van der Waals surface area contributed by atoms with Gasteiger partial charge in [0, 0.05) is 25.0 Å². The summed E-state index contributed by atoms with van der Waals surface area (Å²) in [4.78, 5) is 13.4. The fraction of sp³-hybridized carbons (Fsp3) is 0.286. The third kappa shape index (κ3) is 3.82. The van der Waals surface area contributed by atoms with Gasteiger partial charge in [-0.15, -0.1) is 0 Å². The number of carboxylic acids is 1. The Morgan fingerprint density at radius 3 is 2.96 bits per heavy atom. The number of rotatable bonds is 5. The second kappa shape index (κ2) is 7.42. The van der Waals surface area contributed by atoms with Gasteiger partial charge in [0.25, 0.3) is 0 Å². The fourth-order valence-corrected chi connectivity index (χ4v) is 3.44. The highest BCUT2D eigenvalue weighted by atomic mass is 16.5. The molecule has 1 aliphatic rings. The normalized spacial score (nSPS) is 17.9. The topological polar surface area (TPSA) is 72.1 Å². The lowest BCUT2D eigenvalue weighted by Crippen LogP contribution is -2.37. The van der Waals surface area contributed by atoms with Crippen molar-refractivity contribution in [3.05, 3.63) is 65.4 Å². The summed E-state index contributed by atoms with van der Waals surface area (Å²) in [6, 6.07) is 15.3. The molecule has 1 aromatic heterocycles. The maximum Gasteiger partial charge on any atom is 0.371 e. The van der Waals surface area contributed by atoms with E-state index in [9.17, 15) is 4.79 Å². The average Bonchev–Trinajstić information content (AvgIpc) is 3.12. The predicted octanol–water partition coefficient (Wildman–Crippen LogP) is 3.71. The molecule has 1 saturated heterocycles. The molecule has 2 heterocycles. The molecule has 140 valence electrons. The summed E-state index contributed by atoms with van der Waals surface area (Å²) in [5.41, 5.74) is 2.81. The van der Waals surface area contributed by atoms with Crippen LogP contribution in [0.1, 0.15) is 27.8 Å². The minimum atomic E-state index is -1.05. The largest absolute Gasteiger partial charge is 0.497 e. The van der Waals surface area contributed by atoms with Crippen molar-refractivity contribution < 1.29 is 23.8 Å². The highest BCUT2D eigenvalue weighted by Gasteiger charge is 2.22. The van der Waals surface area contributed by atoms with E-state index in [1.807, 2.05) is 36.4 Å². The van der Waals surface area contributed by atoms with Crippen molar-refractivity contribution in [3.8, 4) is 5.75 Å². The first kappa shape index (κ1) is 17.6. The quantitative estimate of drug-likeness (QED) is 0.741. The lowest BCUT2D eigenvalue weighted by molar-refractivity contribution is -0.0329. The zero-order chi connectivity index (χ0) is 18.8. The van der Waals surface area contributed by atoms with Crippen molar-refractivity contribution in [1.82, 2.24) is 4.90 Å². The first-order valence-corrected chi connectivity index (χ1v) is 8.86. The van der Waals surface area contributed by atoms with Crippen molar-refractivity contribution >= 4 is 16.9 Å². The Morgan fingerprint density at radius 1 is 1.26 bits per heavy atom. The molecule has 3 aromatic rings. The number of carboxylic acid groups (broad SMARTS) is 1. The molecule has 6 heteroatoms. The molecule has 1 atom stereocenters. The number of nitrogens with zero attached hydrogens (tertiary/aromatic N) is 1. The lowest BCUT2D eigenvalue weighted by atomic mass is 10.1. The maximum absolute atomic E-state index is 11.1. The van der Waals surface area contributed by atoms with E-state index >= 15 is 0 Å². The van der Waals surface area contributed by atoms with Crippen molar-refractivity contribution in [2.75, 3.05) is 26.8 Å². The second-order valence-electron chi connectivity index (χ2n) is 6.66. The molecule has 0 bridgehead atoms. The molecule has 1 aliphatic heterocycles. The molecule has 0 aliphatic carbocycles. The number of furan rings is 1. The monoisotopic (exact) mass is 367 g/mol. The van der Waals surface area contributed by atoms with Crippen LogP contribution in [-0.4, -0.2) is 42.8 Å². The molecule has 0 saturated carbocycles. The van der Waals surface area contributed by atoms with E-state index in [0.717, 1.165) is 41.9 Å². The summed E-state index contributed by atoms with van der Waals surface area (Å²) < 4.78 is 16.6. The van der Waals surface area contributed by atoms with E-state index in [1.165, 1.54) is 0 Å². The summed E-state index contributed by atoms with van der Waals surface area (Å²) >= 11 is 0. The Labute approximate surface area is 156 Å². The summed E-state index contributed by atoms with van der Waals surface area (Å²) in [5, 5.41) is 9.87. The Bertz CT molecular complexity index is 964. The first-order valence-electron chi connectivity index (χ1n) is 8.86. The molecular formula is C21H21NO5. The number of morpholine rings is 1. The standard InChI is InChI=1S/C21H21NO5/c1-25-17-4-2-3-15(10-17)20-13-22(7-8-26-20)12-14-5-6-18-16(9-14)11-19(27-18)21(23)24/h2-6,9-11,20H,7-8,12-13H2,1H3,(H,23,24). The first-order chi connectivity index (χ1) is 13.1.